The summed E-state index contributed by atoms with van der Waals surface area (Å²) in [5.41, 5.74) is 4.90. The Morgan fingerprint density at radius 3 is 2.08 bits per heavy atom. The van der Waals surface area contributed by atoms with Gasteiger partial charge in [-0.3, -0.25) is 14.2 Å². The van der Waals surface area contributed by atoms with Crippen molar-refractivity contribution in [1.82, 2.24) is 14.8 Å². The van der Waals surface area contributed by atoms with Crippen molar-refractivity contribution in [3.8, 4) is 11.5 Å². The van der Waals surface area contributed by atoms with Crippen LogP contribution in [0.4, 0.5) is 10.5 Å². The van der Waals surface area contributed by atoms with Gasteiger partial charge in [-0.05, 0) is 142 Å². The first kappa shape index (κ1) is 57.9. The van der Waals surface area contributed by atoms with Gasteiger partial charge in [-0.2, -0.15) is 0 Å². The molecule has 1 atom stereocenters. The van der Waals surface area contributed by atoms with Crippen molar-refractivity contribution in [3.63, 3.8) is 0 Å². The molecule has 18 heteroatoms. The molecule has 0 fully saturated rings. The minimum absolute atomic E-state index is 0.0139. The van der Waals surface area contributed by atoms with Crippen LogP contribution in [0.25, 0.3) is 16.7 Å². The lowest BCUT2D eigenvalue weighted by Crippen LogP contribution is -2.47. The van der Waals surface area contributed by atoms with Gasteiger partial charge in [0, 0.05) is 92.3 Å². The lowest BCUT2D eigenvalue weighted by Gasteiger charge is -2.41. The number of nitrogens with zero attached hydrogens (tertiary/aromatic N) is 3. The number of amides is 2. The summed E-state index contributed by atoms with van der Waals surface area (Å²) in [7, 11) is -3.48. The fraction of sp³-hybridized carbons (Fsp3) is 0.536. The van der Waals surface area contributed by atoms with Crippen LogP contribution < -0.4 is 35.4 Å². The molecule has 74 heavy (non-hydrogen) atoms. The summed E-state index contributed by atoms with van der Waals surface area (Å²) in [4.78, 5) is 43.2. The first-order valence-electron chi connectivity index (χ1n) is 25.4. The largest absolute Gasteiger partial charge is 0.748 e. The average Bonchev–Trinajstić information content (AvgIpc) is 3.27. The number of alkyl carbamates (subject to hydrolysis) is 1. The molecule has 0 bridgehead atoms. The molecular weight excluding hydrogens is 984 g/mol. The van der Waals surface area contributed by atoms with Crippen LogP contribution in [0, 0.1) is 0 Å². The molecule has 1 N–H and O–H groups in total. The monoisotopic (exact) mass is 1060 g/mol. The quantitative estimate of drug-likeness (QED) is 0.0309. The Morgan fingerprint density at radius 2 is 1.45 bits per heavy atom. The lowest BCUT2D eigenvalue weighted by molar-refractivity contribution is -0.154. The summed E-state index contributed by atoms with van der Waals surface area (Å²) in [6.45, 7) is 23.2. The molecule has 3 aromatic rings. The zero-order valence-corrected chi connectivity index (χ0v) is 47.8. The molecule has 2 amide bonds. The van der Waals surface area contributed by atoms with Crippen LogP contribution in [0.15, 0.2) is 54.6 Å². The van der Waals surface area contributed by atoms with Crippen molar-refractivity contribution in [3.05, 3.63) is 93.0 Å². The van der Waals surface area contributed by atoms with Crippen molar-refractivity contribution in [2.24, 2.45) is 0 Å². The van der Waals surface area contributed by atoms with Crippen molar-refractivity contribution in [2.45, 2.75) is 144 Å². The zero-order chi connectivity index (χ0) is 54.9. The molecule has 0 spiro atoms. The average molecular weight is 1060 g/mol. The highest BCUT2D eigenvalue weighted by atomic mass is 32.2. The second kappa shape index (κ2) is 22.1. The molecule has 3 heterocycles. The maximum absolute atomic E-state index is 15.4. The molecule has 3 aliphatic rings. The van der Waals surface area contributed by atoms with Gasteiger partial charge in [0.1, 0.15) is 29.7 Å². The predicted molar refractivity (Wildman–Crippen MR) is 290 cm³/mol. The Balaban J connectivity index is 1.51. The molecule has 6 rings (SSSR count). The Labute approximate surface area is 438 Å². The van der Waals surface area contributed by atoms with E-state index in [1.54, 1.807) is 32.9 Å². The van der Waals surface area contributed by atoms with E-state index in [9.17, 15) is 22.6 Å². The van der Waals surface area contributed by atoms with Crippen LogP contribution in [0.5, 0.6) is 11.5 Å². The maximum Gasteiger partial charge on any atom is 0.407 e. The summed E-state index contributed by atoms with van der Waals surface area (Å²) >= 11 is 0. The Hall–Kier alpha value is -5.32. The van der Waals surface area contributed by atoms with Gasteiger partial charge in [0.2, 0.25) is 5.36 Å². The van der Waals surface area contributed by atoms with Crippen LogP contribution in [0.2, 0.25) is 0 Å². The number of rotatable bonds is 19. The summed E-state index contributed by atoms with van der Waals surface area (Å²) in [5.74, 6) is -0.688. The number of hydrogen-bond donors (Lipinski definition) is 1. The number of fused-ring (bicyclic) bond motifs is 4. The summed E-state index contributed by atoms with van der Waals surface area (Å²) in [5, 5.41) is 4.44. The Bertz CT molecular complexity index is 3010. The number of ether oxygens (including phenoxy) is 3. The number of benzene rings is 3. The first-order valence-corrected chi connectivity index (χ1v) is 28.5. The van der Waals surface area contributed by atoms with Gasteiger partial charge < -0.3 is 42.9 Å². The van der Waals surface area contributed by atoms with Crippen LogP contribution >= 0.6 is 7.60 Å². The van der Waals surface area contributed by atoms with Gasteiger partial charge in [0.25, 0.3) is 5.91 Å². The molecule has 3 aliphatic heterocycles. The second-order valence-corrected chi connectivity index (χ2v) is 26.3. The number of anilines is 1. The van der Waals surface area contributed by atoms with Crippen LogP contribution in [-0.4, -0.2) is 111 Å². The van der Waals surface area contributed by atoms with E-state index >= 15 is 9.36 Å². The molecular formula is C56H77N4O12PS. The third-order valence-electron chi connectivity index (χ3n) is 13.4. The molecule has 404 valence electrons. The van der Waals surface area contributed by atoms with E-state index in [1.165, 1.54) is 18.0 Å². The van der Waals surface area contributed by atoms with E-state index in [1.807, 2.05) is 47.0 Å². The molecule has 0 saturated heterocycles. The summed E-state index contributed by atoms with van der Waals surface area (Å²) in [6, 6.07) is 13.0. The number of hydrogen-bond acceptors (Lipinski definition) is 13. The topological polar surface area (TPSA) is 193 Å². The van der Waals surface area contributed by atoms with Crippen LogP contribution in [-0.2, 0) is 38.0 Å². The number of likely N-dealkylation sites (N-methyl/N-ethyl adjacent to an activating group) is 2. The minimum atomic E-state index is -4.72. The lowest BCUT2D eigenvalue weighted by atomic mass is 9.83. The Kier molecular flexibility index (Phi) is 17.3. The molecule has 0 radical (unpaired) electrons. The predicted octanol–water partition coefficient (Wildman–Crippen LogP) is 8.66. The third kappa shape index (κ3) is 13.9. The summed E-state index contributed by atoms with van der Waals surface area (Å²) in [6.07, 6.45) is 6.37. The first-order chi connectivity index (χ1) is 34.2. The molecule has 1 unspecified atom stereocenters. The van der Waals surface area contributed by atoms with Crippen molar-refractivity contribution in [2.75, 3.05) is 58.1 Å². The highest BCUT2D eigenvalue weighted by molar-refractivity contribution is 7.85. The number of carbonyl (C=O) groups is 3. The number of esters is 1. The fourth-order valence-corrected chi connectivity index (χ4v) is 11.5. The van der Waals surface area contributed by atoms with Crippen LogP contribution in [0.1, 0.15) is 154 Å². The molecule has 0 aromatic heterocycles. The normalized spacial score (nSPS) is 16.6. The SMILES string of the molecule is CC1=CC(C)(C)N(C)c2cc3c(cc21)C(c1ccc(P(=O)(OCCCCCC(=O)OC(C)(C)C)OCCCCNC(=O)OC(C)(C)C)cc1C(=O)N(C)CCS(=O)(=O)[O-])=c1cc2c(cc1O3)=[N+](C)C(C)(C)C=C2C. The summed E-state index contributed by atoms with van der Waals surface area (Å²) < 4.78 is 83.6. The van der Waals surface area contributed by atoms with Crippen molar-refractivity contribution < 1.29 is 55.2 Å². The van der Waals surface area contributed by atoms with E-state index in [0.717, 1.165) is 33.3 Å². The van der Waals surface area contributed by atoms with Crippen molar-refractivity contribution >= 4 is 63.4 Å². The highest BCUT2D eigenvalue weighted by Crippen LogP contribution is 2.50. The Morgan fingerprint density at radius 1 is 0.811 bits per heavy atom. The van der Waals surface area contributed by atoms with Gasteiger partial charge in [0.15, 0.2) is 5.54 Å². The van der Waals surface area contributed by atoms with Gasteiger partial charge >= 0.3 is 19.7 Å². The van der Waals surface area contributed by atoms with Gasteiger partial charge in [-0.1, -0.05) is 18.6 Å². The van der Waals surface area contributed by atoms with E-state index in [2.05, 4.69) is 80.6 Å². The van der Waals surface area contributed by atoms with Gasteiger partial charge in [-0.25, -0.2) is 17.8 Å². The van der Waals surface area contributed by atoms with E-state index < -0.39 is 53.2 Å². The smallest absolute Gasteiger partial charge is 0.407 e. The fourth-order valence-electron chi connectivity index (χ4n) is 9.35. The number of allylic oxidation sites excluding steroid dienone is 2. The number of carbonyl (C=O) groups excluding carboxylic acids is 3. The van der Waals surface area contributed by atoms with E-state index in [4.69, 9.17) is 23.3 Å². The minimum Gasteiger partial charge on any atom is -0.748 e. The van der Waals surface area contributed by atoms with Crippen LogP contribution in [0.3, 0.4) is 0 Å². The standard InChI is InChI=1S/C56H77N4O12PS/c1-36-34-55(9,10)59(14)45-32-47-43(30-40(36)45)50(44-31-41-37(2)35-56(11,12)60(15)46(41)33-48(44)70-47)39-23-22-38(29-42(39)51(62)58(13)25-28-74(65,66)67)73(64,68-26-19-16-17-21-49(61)71-53(3,4)5)69-27-20-18-24-57-52(63)72-54(6,7)8/h22-23,29-35H,16-21,24-28H2,1-15H3,(H-,57,63,65,66,67). The molecule has 16 nitrogen and oxygen atoms in total. The van der Waals surface area contributed by atoms with E-state index in [0.29, 0.717) is 65.5 Å². The second-order valence-electron chi connectivity index (χ2n) is 22.7. The van der Waals surface area contributed by atoms with E-state index in [-0.39, 0.29) is 54.1 Å². The highest BCUT2D eigenvalue weighted by Gasteiger charge is 2.37. The molecule has 0 saturated carbocycles. The van der Waals surface area contributed by atoms with Gasteiger partial charge in [0.05, 0.1) is 46.0 Å². The number of nitrogens with one attached hydrogen (secondary N) is 1. The maximum atomic E-state index is 15.4. The third-order valence-corrected chi connectivity index (χ3v) is 16.1. The number of unbranched alkanes of at least 4 members (excludes halogenated alkanes) is 3. The molecule has 3 aromatic carbocycles. The zero-order valence-electron chi connectivity index (χ0n) is 46.1. The van der Waals surface area contributed by atoms with Crippen molar-refractivity contribution in [1.29, 1.82) is 0 Å². The van der Waals surface area contributed by atoms with Gasteiger partial charge in [-0.15, -0.1) is 0 Å². The molecule has 0 aliphatic carbocycles.